The molecular formula is C62H71F9O13. The molecule has 5 fully saturated rings. The third-order valence-electron chi connectivity index (χ3n) is 21.0. The van der Waals surface area contributed by atoms with Crippen LogP contribution < -0.4 is 0 Å². The number of hydrogen-bond acceptors (Lipinski definition) is 13. The largest absolute Gasteiger partial charge is 0.469 e. The average molecular weight is 1200 g/mol. The van der Waals surface area contributed by atoms with Crippen LogP contribution in [0, 0.1) is 50.7 Å². The number of methoxy groups -OCH3 is 5. The van der Waals surface area contributed by atoms with Crippen molar-refractivity contribution in [3.8, 4) is 0 Å². The molecule has 84 heavy (non-hydrogen) atoms. The molecule has 15 atom stereocenters. The minimum absolute atomic E-state index is 0.0349. The number of esters is 5. The van der Waals surface area contributed by atoms with Gasteiger partial charge < -0.3 is 37.9 Å². The highest BCUT2D eigenvalue weighted by molar-refractivity contribution is 5.86. The van der Waals surface area contributed by atoms with E-state index in [1.807, 2.05) is 6.92 Å². The number of ether oxygens (including phenoxy) is 8. The van der Waals surface area contributed by atoms with Gasteiger partial charge in [0.05, 0.1) is 20.1 Å². The van der Waals surface area contributed by atoms with Crippen LogP contribution in [0.2, 0.25) is 0 Å². The molecule has 0 unspecified atom stereocenters. The van der Waals surface area contributed by atoms with Crippen molar-refractivity contribution in [3.05, 3.63) is 120 Å². The molecule has 2 spiro atoms. The van der Waals surface area contributed by atoms with Gasteiger partial charge in [0.15, 0.2) is 0 Å². The first-order chi connectivity index (χ1) is 39.3. The number of fused-ring (bicyclic) bond motifs is 2. The van der Waals surface area contributed by atoms with Gasteiger partial charge in [0.25, 0.3) is 16.8 Å². The third kappa shape index (κ3) is 9.25. The van der Waals surface area contributed by atoms with E-state index in [0.29, 0.717) is 39.9 Å². The summed E-state index contributed by atoms with van der Waals surface area (Å²) in [6.07, 6.45) is -20.3. The van der Waals surface area contributed by atoms with E-state index in [1.165, 1.54) is 75.6 Å². The number of carbonyl (C=O) groups is 5. The molecule has 5 saturated carbocycles. The highest BCUT2D eigenvalue weighted by Crippen LogP contribution is 2.89. The molecule has 0 aliphatic heterocycles. The van der Waals surface area contributed by atoms with E-state index in [4.69, 9.17) is 37.9 Å². The number of benzene rings is 3. The smallest absolute Gasteiger partial charge is 0.432 e. The highest BCUT2D eigenvalue weighted by Gasteiger charge is 2.88. The summed E-state index contributed by atoms with van der Waals surface area (Å²) < 4.78 is 183. The predicted molar refractivity (Wildman–Crippen MR) is 281 cm³/mol. The van der Waals surface area contributed by atoms with E-state index in [-0.39, 0.29) is 43.6 Å². The Balaban J connectivity index is 1.18. The summed E-state index contributed by atoms with van der Waals surface area (Å²) in [6, 6.07) is 18.1. The Kier molecular flexibility index (Phi) is 17.0. The first-order valence-electron chi connectivity index (χ1n) is 27.7. The molecule has 13 nitrogen and oxygen atoms in total. The van der Waals surface area contributed by atoms with E-state index in [2.05, 4.69) is 13.5 Å². The molecule has 0 radical (unpaired) electrons. The summed E-state index contributed by atoms with van der Waals surface area (Å²) in [5, 5.41) is 0. The second-order valence-corrected chi connectivity index (χ2v) is 24.0. The zero-order chi connectivity index (χ0) is 62.1. The summed E-state index contributed by atoms with van der Waals surface area (Å²) in [5.74, 6) is -10.2. The molecule has 3 aromatic carbocycles. The molecular weight excluding hydrogens is 1120 g/mol. The fourth-order valence-electron chi connectivity index (χ4n) is 16.7. The van der Waals surface area contributed by atoms with E-state index in [9.17, 15) is 37.1 Å². The Hall–Kier alpha value is -6.00. The van der Waals surface area contributed by atoms with Crippen molar-refractivity contribution < 1.29 is 101 Å². The minimum Gasteiger partial charge on any atom is -0.469 e. The molecule has 0 bridgehead atoms. The molecule has 0 aromatic heterocycles. The topological polar surface area (TPSA) is 159 Å². The molecule has 0 N–H and O–H groups in total. The first-order valence-corrected chi connectivity index (χ1v) is 27.7. The Morgan fingerprint density at radius 3 is 1.42 bits per heavy atom. The van der Waals surface area contributed by atoms with Crippen LogP contribution in [0.15, 0.2) is 103 Å². The lowest BCUT2D eigenvalue weighted by atomic mass is 9.41. The summed E-state index contributed by atoms with van der Waals surface area (Å²) >= 11 is 0. The van der Waals surface area contributed by atoms with Crippen LogP contribution in [0.3, 0.4) is 0 Å². The predicted octanol–water partition coefficient (Wildman–Crippen LogP) is 12.4. The zero-order valence-electron chi connectivity index (χ0n) is 48.2. The molecule has 3 aromatic rings. The lowest BCUT2D eigenvalue weighted by molar-refractivity contribution is -0.289. The summed E-state index contributed by atoms with van der Waals surface area (Å²) in [4.78, 5) is 72.3. The van der Waals surface area contributed by atoms with Crippen molar-refractivity contribution in [3.63, 3.8) is 0 Å². The molecule has 22 heteroatoms. The van der Waals surface area contributed by atoms with Gasteiger partial charge in [0.1, 0.15) is 23.7 Å². The van der Waals surface area contributed by atoms with Crippen LogP contribution in [0.25, 0.3) is 0 Å². The fourth-order valence-corrected chi connectivity index (χ4v) is 16.7. The van der Waals surface area contributed by atoms with Crippen LogP contribution in [-0.2, 0) is 78.7 Å². The van der Waals surface area contributed by atoms with Crippen molar-refractivity contribution in [1.82, 2.24) is 0 Å². The van der Waals surface area contributed by atoms with E-state index in [0.717, 1.165) is 50.6 Å². The summed E-state index contributed by atoms with van der Waals surface area (Å²) in [6.45, 7) is 10.8. The maximum atomic E-state index is 15.7. The van der Waals surface area contributed by atoms with Gasteiger partial charge in [-0.15, -0.1) is 0 Å². The van der Waals surface area contributed by atoms with E-state index in [1.54, 1.807) is 0 Å². The van der Waals surface area contributed by atoms with Crippen LogP contribution in [0.5, 0.6) is 0 Å². The number of rotatable bonds is 19. The maximum Gasteiger partial charge on any atom is 0.432 e. The van der Waals surface area contributed by atoms with E-state index < -0.39 is 151 Å². The summed E-state index contributed by atoms with van der Waals surface area (Å²) in [5.41, 5.74) is -18.7. The number of alkyl halides is 9. The quantitative estimate of drug-likeness (QED) is 0.0483. The lowest BCUT2D eigenvalue weighted by Gasteiger charge is -2.64. The van der Waals surface area contributed by atoms with Crippen LogP contribution in [0.4, 0.5) is 39.5 Å². The van der Waals surface area contributed by atoms with Crippen LogP contribution >= 0.6 is 0 Å². The van der Waals surface area contributed by atoms with Crippen molar-refractivity contribution >= 4 is 29.8 Å². The fraction of sp³-hybridized carbons (Fsp3) is 0.597. The van der Waals surface area contributed by atoms with Gasteiger partial charge in [-0.3, -0.25) is 9.59 Å². The standard InChI is InChI=1S/C62H71F9O13/c1-36(2)42(82-49(74)57(79-8,60(63,64)65)37-20-14-11-15-21-37)27-26-40(47(72)77-6)41-30-31-53(4)43-28-29-44-54(5,48(73)78-7)45(83-50(75)58(80-9,61(66,67)68)38-22-16-12-17-23-38)34-46(56(44)35-55(43,56)33-32-52(41,53)3)84-51(76)59(81-10,62(69,70)71)39-24-18-13-19-25-39/h11-25,40-46H,1,26-35H2,2-10H3/t40-,41-,42+,43+,44+,45+,46+,52-,53+,54+,55+,56-,57+,58+,59+/m1/s1. The summed E-state index contributed by atoms with van der Waals surface area (Å²) in [7, 11) is 4.32. The molecule has 0 amide bonds. The first kappa shape index (κ1) is 64.0. The van der Waals surface area contributed by atoms with Gasteiger partial charge in [0.2, 0.25) is 0 Å². The molecule has 460 valence electrons. The van der Waals surface area contributed by atoms with Crippen molar-refractivity contribution in [2.75, 3.05) is 35.5 Å². The number of carbonyl (C=O) groups excluding carboxylic acids is 5. The maximum absolute atomic E-state index is 15.7. The van der Waals surface area contributed by atoms with Crippen molar-refractivity contribution in [2.24, 2.45) is 50.7 Å². The Bertz CT molecular complexity index is 2960. The van der Waals surface area contributed by atoms with Gasteiger partial charge in [-0.2, -0.15) is 39.5 Å². The molecule has 8 rings (SSSR count). The van der Waals surface area contributed by atoms with E-state index >= 15 is 26.3 Å². The number of hydrogen-bond donors (Lipinski definition) is 0. The van der Waals surface area contributed by atoms with Gasteiger partial charge >= 0.3 is 48.4 Å². The normalized spacial score (nSPS) is 31.9. The Morgan fingerprint density at radius 2 is 1.00 bits per heavy atom. The van der Waals surface area contributed by atoms with Crippen LogP contribution in [0.1, 0.15) is 109 Å². The van der Waals surface area contributed by atoms with Gasteiger partial charge in [0, 0.05) is 49.9 Å². The van der Waals surface area contributed by atoms with Gasteiger partial charge in [-0.05, 0) is 111 Å². The third-order valence-corrected chi connectivity index (χ3v) is 21.0. The molecule has 0 heterocycles. The van der Waals surface area contributed by atoms with Crippen molar-refractivity contribution in [2.45, 2.75) is 146 Å². The number of halogens is 9. The second-order valence-electron chi connectivity index (χ2n) is 24.0. The zero-order valence-corrected chi connectivity index (χ0v) is 48.2. The van der Waals surface area contributed by atoms with Gasteiger partial charge in [-0.25, -0.2) is 14.4 Å². The average Bonchev–Trinajstić information content (AvgIpc) is 1.45. The van der Waals surface area contributed by atoms with Crippen LogP contribution in [-0.4, -0.2) is 102 Å². The Morgan fingerprint density at radius 1 is 0.560 bits per heavy atom. The second kappa shape index (κ2) is 22.4. The van der Waals surface area contributed by atoms with Gasteiger partial charge in [-0.1, -0.05) is 111 Å². The molecule has 5 aliphatic carbocycles. The lowest BCUT2D eigenvalue weighted by Crippen LogP contribution is -2.66. The van der Waals surface area contributed by atoms with Crippen molar-refractivity contribution in [1.29, 1.82) is 0 Å². The molecule has 0 saturated heterocycles. The SMILES string of the molecule is C=C(C)[C@H](CC[C@@H](C(=O)OC)[C@H]1CC[C@@]2(C)[C@@H]3CC[C@H]4[C@](C)(C(=O)OC)[C@@H](OC(=O)[C@@](OC)(c5ccccc5)C(F)(F)F)C[C@H](OC(=O)[C@@](OC)(c5ccccc5)C(F)(F)F)[C@@]45C[C@@]35CC[C@]12C)OC(=O)[C@@](OC)(c1ccccc1)C(F)(F)F. The highest BCUT2D eigenvalue weighted by atomic mass is 19.4. The minimum atomic E-state index is -5.49. The monoisotopic (exact) mass is 1190 g/mol. The molecule has 5 aliphatic rings. The Labute approximate surface area is 481 Å².